The Morgan fingerprint density at radius 2 is 1.77 bits per heavy atom. The van der Waals surface area contributed by atoms with E-state index in [9.17, 15) is 13.2 Å². The van der Waals surface area contributed by atoms with E-state index in [0.29, 0.717) is 10.0 Å². The van der Waals surface area contributed by atoms with Gasteiger partial charge in [-0.1, -0.05) is 34.1 Å². The zero-order chi connectivity index (χ0) is 16.5. The lowest BCUT2D eigenvalue weighted by Gasteiger charge is -2.13. The van der Waals surface area contributed by atoms with Crippen molar-refractivity contribution in [2.45, 2.75) is 18.7 Å². The second kappa shape index (κ2) is 6.10. The topological polar surface area (TPSA) is 83.5 Å². The van der Waals surface area contributed by atoms with E-state index in [1.807, 2.05) is 6.92 Å². The summed E-state index contributed by atoms with van der Waals surface area (Å²) in [5.41, 5.74) is 1.43. The molecule has 0 amide bonds. The number of nitrogens with one attached hydrogen (secondary N) is 1. The number of halogens is 1. The molecule has 22 heavy (non-hydrogen) atoms. The molecule has 2 N–H and O–H groups in total. The Morgan fingerprint density at radius 3 is 2.41 bits per heavy atom. The molecule has 0 atom stereocenters. The van der Waals surface area contributed by atoms with Gasteiger partial charge in [0.15, 0.2) is 0 Å². The zero-order valence-corrected chi connectivity index (χ0v) is 14.3. The zero-order valence-electron chi connectivity index (χ0n) is 11.9. The number of aryl methyl sites for hydroxylation is 2. The van der Waals surface area contributed by atoms with E-state index in [1.165, 1.54) is 24.3 Å². The van der Waals surface area contributed by atoms with E-state index in [1.54, 1.807) is 19.1 Å². The first-order valence-corrected chi connectivity index (χ1v) is 8.62. The van der Waals surface area contributed by atoms with Gasteiger partial charge in [0.05, 0.1) is 16.1 Å². The molecule has 0 aliphatic heterocycles. The van der Waals surface area contributed by atoms with Crippen LogP contribution in [0.15, 0.2) is 45.8 Å². The summed E-state index contributed by atoms with van der Waals surface area (Å²) >= 11 is 3.31. The lowest BCUT2D eigenvalue weighted by Crippen LogP contribution is -2.16. The van der Waals surface area contributed by atoms with Gasteiger partial charge in [0.1, 0.15) is 0 Å². The van der Waals surface area contributed by atoms with Gasteiger partial charge in [-0.25, -0.2) is 13.2 Å². The maximum atomic E-state index is 12.5. The number of sulfonamides is 1. The monoisotopic (exact) mass is 383 g/mol. The second-order valence-electron chi connectivity index (χ2n) is 4.82. The maximum Gasteiger partial charge on any atom is 0.337 e. The van der Waals surface area contributed by atoms with Crippen LogP contribution in [0.4, 0.5) is 5.69 Å². The van der Waals surface area contributed by atoms with Gasteiger partial charge in [0.25, 0.3) is 10.0 Å². The summed E-state index contributed by atoms with van der Waals surface area (Å²) in [4.78, 5) is 11.3. The number of para-hydroxylation sites is 1. The Labute approximate surface area is 137 Å². The van der Waals surface area contributed by atoms with E-state index in [-0.39, 0.29) is 16.1 Å². The number of carboxylic acids is 1. The number of anilines is 1. The minimum Gasteiger partial charge on any atom is -0.478 e. The molecule has 0 aliphatic rings. The standard InChI is InChI=1S/C15H14BrNO4S/c1-9-7-10(2)14(8-12(9)16)22(20,21)17-13-6-4-3-5-11(13)15(18)19/h3-8,17H,1-2H3,(H,18,19). The summed E-state index contributed by atoms with van der Waals surface area (Å²) in [7, 11) is -3.88. The number of rotatable bonds is 4. The van der Waals surface area contributed by atoms with Crippen LogP contribution in [-0.4, -0.2) is 19.5 Å². The van der Waals surface area contributed by atoms with Crippen molar-refractivity contribution < 1.29 is 18.3 Å². The molecule has 7 heteroatoms. The molecule has 116 valence electrons. The van der Waals surface area contributed by atoms with Gasteiger partial charge in [-0.3, -0.25) is 4.72 Å². The second-order valence-corrected chi connectivity index (χ2v) is 7.33. The average molecular weight is 384 g/mol. The van der Waals surface area contributed by atoms with Crippen LogP contribution in [0.5, 0.6) is 0 Å². The molecule has 2 aromatic carbocycles. The molecular weight excluding hydrogens is 370 g/mol. The van der Waals surface area contributed by atoms with Crippen LogP contribution < -0.4 is 4.72 Å². The Balaban J connectivity index is 2.50. The lowest BCUT2D eigenvalue weighted by molar-refractivity contribution is 0.0698. The first-order chi connectivity index (χ1) is 10.2. The number of aromatic carboxylic acids is 1. The number of benzene rings is 2. The molecule has 0 saturated heterocycles. The Morgan fingerprint density at radius 1 is 1.14 bits per heavy atom. The van der Waals surface area contributed by atoms with E-state index in [0.717, 1.165) is 5.56 Å². The Bertz CT molecular complexity index is 847. The normalized spacial score (nSPS) is 11.2. The van der Waals surface area contributed by atoms with E-state index >= 15 is 0 Å². The molecule has 2 aromatic rings. The van der Waals surface area contributed by atoms with Crippen molar-refractivity contribution in [1.29, 1.82) is 0 Å². The van der Waals surface area contributed by atoms with Gasteiger partial charge in [-0.15, -0.1) is 0 Å². The maximum absolute atomic E-state index is 12.5. The molecular formula is C15H14BrNO4S. The molecule has 2 rings (SSSR count). The van der Waals surface area contributed by atoms with E-state index in [4.69, 9.17) is 5.11 Å². The SMILES string of the molecule is Cc1cc(C)c(S(=O)(=O)Nc2ccccc2C(=O)O)cc1Br. The first kappa shape index (κ1) is 16.5. The largest absolute Gasteiger partial charge is 0.478 e. The number of hydrogen-bond acceptors (Lipinski definition) is 3. The van der Waals surface area contributed by atoms with Crippen LogP contribution in [0.1, 0.15) is 21.5 Å². The highest BCUT2D eigenvalue weighted by Gasteiger charge is 2.21. The van der Waals surface area contributed by atoms with Crippen LogP contribution in [0.25, 0.3) is 0 Å². The predicted molar refractivity (Wildman–Crippen MR) is 87.8 cm³/mol. The van der Waals surface area contributed by atoms with Gasteiger partial charge < -0.3 is 5.11 Å². The summed E-state index contributed by atoms with van der Waals surface area (Å²) in [6.07, 6.45) is 0. The van der Waals surface area contributed by atoms with Crippen LogP contribution in [-0.2, 0) is 10.0 Å². The van der Waals surface area contributed by atoms with Crippen molar-refractivity contribution in [2.75, 3.05) is 4.72 Å². The van der Waals surface area contributed by atoms with Gasteiger partial charge in [0.2, 0.25) is 0 Å². The highest BCUT2D eigenvalue weighted by Crippen LogP contribution is 2.27. The van der Waals surface area contributed by atoms with Crippen LogP contribution in [0.2, 0.25) is 0 Å². The fraction of sp³-hybridized carbons (Fsp3) is 0.133. The highest BCUT2D eigenvalue weighted by atomic mass is 79.9. The first-order valence-electron chi connectivity index (χ1n) is 6.34. The van der Waals surface area contributed by atoms with Gasteiger partial charge in [-0.2, -0.15) is 0 Å². The number of carboxylic acid groups (broad SMARTS) is 1. The van der Waals surface area contributed by atoms with Crippen LogP contribution in [0.3, 0.4) is 0 Å². The summed E-state index contributed by atoms with van der Waals surface area (Å²) in [5, 5.41) is 9.13. The third kappa shape index (κ3) is 3.31. The number of hydrogen-bond donors (Lipinski definition) is 2. The van der Waals surface area contributed by atoms with Crippen molar-refractivity contribution in [1.82, 2.24) is 0 Å². The molecule has 0 aliphatic carbocycles. The molecule has 0 saturated carbocycles. The number of carbonyl (C=O) groups is 1. The summed E-state index contributed by atoms with van der Waals surface area (Å²) in [6.45, 7) is 3.55. The van der Waals surface area contributed by atoms with E-state index in [2.05, 4.69) is 20.7 Å². The molecule has 0 spiro atoms. The Hall–Kier alpha value is -1.86. The molecule has 5 nitrogen and oxygen atoms in total. The molecule has 0 fully saturated rings. The fourth-order valence-corrected chi connectivity index (χ4v) is 3.88. The highest BCUT2D eigenvalue weighted by molar-refractivity contribution is 9.10. The minimum absolute atomic E-state index is 0.0334. The molecule has 0 aromatic heterocycles. The van der Waals surface area contributed by atoms with Crippen molar-refractivity contribution in [2.24, 2.45) is 0 Å². The molecule has 0 bridgehead atoms. The third-order valence-corrected chi connectivity index (χ3v) is 5.51. The summed E-state index contributed by atoms with van der Waals surface area (Å²) in [5.74, 6) is -1.19. The summed E-state index contributed by atoms with van der Waals surface area (Å²) < 4.78 is 28.1. The quantitative estimate of drug-likeness (QED) is 0.844. The van der Waals surface area contributed by atoms with E-state index < -0.39 is 16.0 Å². The predicted octanol–water partition coefficient (Wildman–Crippen LogP) is 3.56. The van der Waals surface area contributed by atoms with Crippen molar-refractivity contribution in [3.05, 3.63) is 57.6 Å². The van der Waals surface area contributed by atoms with Crippen molar-refractivity contribution >= 4 is 37.6 Å². The minimum atomic E-state index is -3.88. The van der Waals surface area contributed by atoms with Crippen molar-refractivity contribution in [3.63, 3.8) is 0 Å². The smallest absolute Gasteiger partial charge is 0.337 e. The van der Waals surface area contributed by atoms with Gasteiger partial charge >= 0.3 is 5.97 Å². The molecule has 0 unspecified atom stereocenters. The van der Waals surface area contributed by atoms with Crippen molar-refractivity contribution in [3.8, 4) is 0 Å². The average Bonchev–Trinajstić information content (AvgIpc) is 2.42. The third-order valence-electron chi connectivity index (χ3n) is 3.15. The van der Waals surface area contributed by atoms with Crippen LogP contribution >= 0.6 is 15.9 Å². The molecule has 0 heterocycles. The van der Waals surface area contributed by atoms with Gasteiger partial charge in [0, 0.05) is 4.47 Å². The molecule has 0 radical (unpaired) electrons. The van der Waals surface area contributed by atoms with Crippen LogP contribution in [0, 0.1) is 13.8 Å². The van der Waals surface area contributed by atoms with Gasteiger partial charge in [-0.05, 0) is 43.2 Å². The fourth-order valence-electron chi connectivity index (χ4n) is 2.06. The lowest BCUT2D eigenvalue weighted by atomic mass is 10.2. The summed E-state index contributed by atoms with van der Waals surface area (Å²) in [6, 6.07) is 9.13. The Kier molecular flexibility index (Phi) is 4.58.